The highest BCUT2D eigenvalue weighted by atomic mass is 79.9. The molecular weight excluding hydrogens is 498 g/mol. The van der Waals surface area contributed by atoms with Gasteiger partial charge in [0.2, 0.25) is 5.91 Å². The second-order valence-corrected chi connectivity index (χ2v) is 10.5. The summed E-state index contributed by atoms with van der Waals surface area (Å²) in [4.78, 5) is 15.0. The molecule has 34 heavy (non-hydrogen) atoms. The molecule has 178 valence electrons. The van der Waals surface area contributed by atoms with Gasteiger partial charge in [-0.1, -0.05) is 58.4 Å². The molecular formula is C26H28BrN3O4. The van der Waals surface area contributed by atoms with Gasteiger partial charge in [-0.05, 0) is 37.1 Å². The number of carbonyl (C=O) groups is 1. The Morgan fingerprint density at radius 2 is 1.79 bits per heavy atom. The number of aromatic nitrogens is 2. The Morgan fingerprint density at radius 3 is 2.38 bits per heavy atom. The van der Waals surface area contributed by atoms with Crippen molar-refractivity contribution in [1.82, 2.24) is 14.7 Å². The summed E-state index contributed by atoms with van der Waals surface area (Å²) in [5, 5.41) is 29.0. The van der Waals surface area contributed by atoms with E-state index in [4.69, 9.17) is 4.74 Å². The summed E-state index contributed by atoms with van der Waals surface area (Å²) in [6.07, 6.45) is 0.307. The van der Waals surface area contributed by atoms with E-state index in [1.807, 2.05) is 68.4 Å². The number of aliphatic hydroxyl groups is 2. The van der Waals surface area contributed by atoms with Crippen LogP contribution in [0.25, 0.3) is 0 Å². The van der Waals surface area contributed by atoms with Crippen molar-refractivity contribution < 1.29 is 19.7 Å². The Balaban J connectivity index is 1.84. The number of benzene rings is 2. The van der Waals surface area contributed by atoms with Crippen LogP contribution >= 0.6 is 15.9 Å². The Bertz CT molecular complexity index is 1230. The number of hydrogen-bond donors (Lipinski definition) is 2. The molecule has 1 aromatic heterocycles. The molecule has 1 aliphatic carbocycles. The van der Waals surface area contributed by atoms with Gasteiger partial charge in [-0.25, -0.2) is 0 Å². The first-order chi connectivity index (χ1) is 16.1. The molecule has 3 aromatic rings. The molecule has 2 N–H and O–H groups in total. The second kappa shape index (κ2) is 7.93. The van der Waals surface area contributed by atoms with Gasteiger partial charge < -0.3 is 19.8 Å². The van der Waals surface area contributed by atoms with Crippen LogP contribution in [-0.4, -0.2) is 51.0 Å². The quantitative estimate of drug-likeness (QED) is 0.543. The maximum Gasteiger partial charge on any atom is 0.228 e. The molecule has 2 aliphatic rings. The van der Waals surface area contributed by atoms with Crippen LogP contribution in [0.3, 0.4) is 0 Å². The van der Waals surface area contributed by atoms with Crippen LogP contribution in [0, 0.1) is 5.92 Å². The highest BCUT2D eigenvalue weighted by Crippen LogP contribution is 2.68. The zero-order valence-electron chi connectivity index (χ0n) is 19.5. The molecule has 0 bridgehead atoms. The van der Waals surface area contributed by atoms with Gasteiger partial charge >= 0.3 is 0 Å². The van der Waals surface area contributed by atoms with Crippen LogP contribution in [-0.2, 0) is 16.0 Å². The Hall–Kier alpha value is -2.68. The van der Waals surface area contributed by atoms with Gasteiger partial charge in [-0.3, -0.25) is 9.48 Å². The van der Waals surface area contributed by atoms with Gasteiger partial charge in [-0.2, -0.15) is 5.10 Å². The van der Waals surface area contributed by atoms with Crippen LogP contribution in [0.2, 0.25) is 0 Å². The first-order valence-corrected chi connectivity index (χ1v) is 12.1. The number of rotatable bonds is 4. The third-order valence-electron chi connectivity index (χ3n) is 7.15. The van der Waals surface area contributed by atoms with E-state index in [1.165, 1.54) is 4.90 Å². The first kappa shape index (κ1) is 23.1. The Labute approximate surface area is 207 Å². The van der Waals surface area contributed by atoms with Crippen molar-refractivity contribution in [2.45, 2.75) is 43.1 Å². The average molecular weight is 526 g/mol. The molecule has 1 fully saturated rings. The number of amides is 1. The third kappa shape index (κ3) is 2.95. The van der Waals surface area contributed by atoms with Crippen molar-refractivity contribution in [2.24, 2.45) is 5.92 Å². The van der Waals surface area contributed by atoms with E-state index < -0.39 is 29.1 Å². The lowest BCUT2D eigenvalue weighted by Gasteiger charge is -2.40. The van der Waals surface area contributed by atoms with E-state index in [2.05, 4.69) is 21.0 Å². The van der Waals surface area contributed by atoms with E-state index in [-0.39, 0.29) is 17.6 Å². The van der Waals surface area contributed by atoms with Crippen molar-refractivity contribution in [3.63, 3.8) is 0 Å². The van der Waals surface area contributed by atoms with Crippen molar-refractivity contribution in [2.75, 3.05) is 14.1 Å². The number of carbonyl (C=O) groups excluding carboxylic acids is 1. The minimum absolute atomic E-state index is 0.0301. The van der Waals surface area contributed by atoms with Gasteiger partial charge in [0.25, 0.3) is 0 Å². The fourth-order valence-electron chi connectivity index (χ4n) is 5.59. The topological polar surface area (TPSA) is 87.8 Å². The molecule has 1 amide bonds. The van der Waals surface area contributed by atoms with Gasteiger partial charge in [-0.15, -0.1) is 0 Å². The number of nitrogens with zero attached hydrogens (tertiary/aromatic N) is 3. The van der Waals surface area contributed by atoms with Crippen LogP contribution < -0.4 is 4.74 Å². The van der Waals surface area contributed by atoms with Crippen molar-refractivity contribution >= 4 is 21.8 Å². The molecule has 2 heterocycles. The summed E-state index contributed by atoms with van der Waals surface area (Å²) in [5.41, 5.74) is -1.70. The van der Waals surface area contributed by atoms with Gasteiger partial charge in [0.1, 0.15) is 11.8 Å². The fourth-order valence-corrected chi connectivity index (χ4v) is 5.86. The molecule has 1 aliphatic heterocycles. The molecule has 0 saturated heterocycles. The molecule has 0 radical (unpaired) electrons. The van der Waals surface area contributed by atoms with E-state index in [0.717, 1.165) is 10.0 Å². The molecule has 0 spiro atoms. The summed E-state index contributed by atoms with van der Waals surface area (Å²) in [5.74, 6) is -1.50. The van der Waals surface area contributed by atoms with E-state index in [1.54, 1.807) is 25.0 Å². The summed E-state index contributed by atoms with van der Waals surface area (Å²) < 4.78 is 9.27. The zero-order valence-corrected chi connectivity index (χ0v) is 21.1. The lowest BCUT2D eigenvalue weighted by atomic mass is 9.71. The zero-order chi connectivity index (χ0) is 24.4. The Morgan fingerprint density at radius 1 is 1.15 bits per heavy atom. The lowest BCUT2D eigenvalue weighted by molar-refractivity contribution is -0.158. The minimum atomic E-state index is -1.95. The summed E-state index contributed by atoms with van der Waals surface area (Å²) in [7, 11) is 3.31. The summed E-state index contributed by atoms with van der Waals surface area (Å²) in [6, 6.07) is 17.0. The third-order valence-corrected chi connectivity index (χ3v) is 7.68. The normalized spacial score (nSPS) is 29.6. The summed E-state index contributed by atoms with van der Waals surface area (Å²) >= 11 is 3.48. The average Bonchev–Trinajstić information content (AvgIpc) is 3.40. The summed E-state index contributed by atoms with van der Waals surface area (Å²) in [6.45, 7) is 3.95. The maximum absolute atomic E-state index is 13.5. The SMILES string of the molecule is CC(C)n1cc2c(n1)C1(O)C(O)C(C(=O)N(C)C)C(c3ccccc3)C1(c1ccc(Br)cc1)O2. The van der Waals surface area contributed by atoms with E-state index in [9.17, 15) is 15.0 Å². The minimum Gasteiger partial charge on any atom is -0.475 e. The number of ether oxygens (including phenoxy) is 1. The highest BCUT2D eigenvalue weighted by molar-refractivity contribution is 9.10. The maximum atomic E-state index is 13.5. The van der Waals surface area contributed by atoms with Crippen LogP contribution in [0.4, 0.5) is 0 Å². The molecule has 8 heteroatoms. The number of aliphatic hydroxyl groups excluding tert-OH is 1. The smallest absolute Gasteiger partial charge is 0.228 e. The standard InChI is InChI=1S/C26H28BrN3O4/c1-15(2)30-14-19-22(28-30)25(33)23(31)20(24(32)29(3)4)21(16-8-6-5-7-9-16)26(25,34-19)17-10-12-18(27)13-11-17/h5-15,20-21,23,31,33H,1-4H3. The van der Waals surface area contributed by atoms with Crippen molar-refractivity contribution in [3.05, 3.63) is 82.1 Å². The van der Waals surface area contributed by atoms with Crippen molar-refractivity contribution in [3.8, 4) is 5.75 Å². The first-order valence-electron chi connectivity index (χ1n) is 11.3. The monoisotopic (exact) mass is 525 g/mol. The fraction of sp³-hybridized carbons (Fsp3) is 0.385. The van der Waals surface area contributed by atoms with Crippen LogP contribution in [0.1, 0.15) is 42.6 Å². The number of fused-ring (bicyclic) bond motifs is 3. The van der Waals surface area contributed by atoms with E-state index in [0.29, 0.717) is 11.3 Å². The Kier molecular flexibility index (Phi) is 5.39. The van der Waals surface area contributed by atoms with Crippen LogP contribution in [0.15, 0.2) is 65.3 Å². The molecule has 5 unspecified atom stereocenters. The van der Waals surface area contributed by atoms with Gasteiger partial charge in [0.05, 0.1) is 12.1 Å². The molecule has 1 saturated carbocycles. The number of hydrogen-bond acceptors (Lipinski definition) is 5. The predicted molar refractivity (Wildman–Crippen MR) is 130 cm³/mol. The highest BCUT2D eigenvalue weighted by Gasteiger charge is 2.78. The van der Waals surface area contributed by atoms with Gasteiger partial charge in [0.15, 0.2) is 17.0 Å². The van der Waals surface area contributed by atoms with Crippen molar-refractivity contribution in [1.29, 1.82) is 0 Å². The number of halogens is 1. The van der Waals surface area contributed by atoms with Gasteiger partial charge in [0, 0.05) is 30.5 Å². The van der Waals surface area contributed by atoms with Crippen LogP contribution in [0.5, 0.6) is 5.75 Å². The lowest BCUT2D eigenvalue weighted by Crippen LogP contribution is -2.52. The second-order valence-electron chi connectivity index (χ2n) is 9.62. The molecule has 5 atom stereocenters. The predicted octanol–water partition coefficient (Wildman–Crippen LogP) is 3.56. The molecule has 7 nitrogen and oxygen atoms in total. The molecule has 5 rings (SSSR count). The molecule has 2 aromatic carbocycles. The largest absolute Gasteiger partial charge is 0.475 e. The van der Waals surface area contributed by atoms with E-state index >= 15 is 0 Å².